The molecule has 1 aromatic carbocycles. The molecular formula is C31H44N4O2Si. The van der Waals surface area contributed by atoms with Crippen LogP contribution in [-0.4, -0.2) is 54.1 Å². The molecule has 3 aromatic rings. The topological polar surface area (TPSA) is 60.2 Å². The molecule has 2 heterocycles. The molecule has 4 rings (SSSR count). The molecule has 6 nitrogen and oxygen atoms in total. The summed E-state index contributed by atoms with van der Waals surface area (Å²) < 4.78 is 7.91. The molecule has 0 spiro atoms. The Balaban J connectivity index is 1.49. The van der Waals surface area contributed by atoms with Gasteiger partial charge in [0.15, 0.2) is 0 Å². The summed E-state index contributed by atoms with van der Waals surface area (Å²) in [7, 11) is 2.30. The molecule has 0 aliphatic heterocycles. The molecule has 7 heteroatoms. The van der Waals surface area contributed by atoms with Crippen LogP contribution in [0, 0.1) is 5.92 Å². The molecule has 0 N–H and O–H groups in total. The summed E-state index contributed by atoms with van der Waals surface area (Å²) in [5.74, 6) is 2.17. The van der Waals surface area contributed by atoms with Gasteiger partial charge in [-0.1, -0.05) is 57.3 Å². The van der Waals surface area contributed by atoms with Gasteiger partial charge in [0.1, 0.15) is 18.2 Å². The third kappa shape index (κ3) is 7.20. The van der Waals surface area contributed by atoms with Crippen molar-refractivity contribution in [2.75, 3.05) is 20.7 Å². The van der Waals surface area contributed by atoms with Crippen molar-refractivity contribution < 1.29 is 9.53 Å². The van der Waals surface area contributed by atoms with Crippen LogP contribution in [0.4, 0.5) is 0 Å². The Kier molecular flexibility index (Phi) is 9.21. The Morgan fingerprint density at radius 3 is 2.29 bits per heavy atom. The Labute approximate surface area is 229 Å². The van der Waals surface area contributed by atoms with E-state index in [0.29, 0.717) is 30.8 Å². The summed E-state index contributed by atoms with van der Waals surface area (Å²) in [6.07, 6.45) is 10.3. The SMILES string of the molecule is CCC1CCC(c2ccc(-c3ccc(-c4nc(C(=O)N(C)C)cn4COCC[Si](C)(C)C)cn3)cc2)CC1. The van der Waals surface area contributed by atoms with Crippen molar-refractivity contribution in [2.24, 2.45) is 5.92 Å². The predicted molar refractivity (Wildman–Crippen MR) is 158 cm³/mol. The quantitative estimate of drug-likeness (QED) is 0.203. The van der Waals surface area contributed by atoms with Crippen molar-refractivity contribution >= 4 is 14.0 Å². The lowest BCUT2D eigenvalue weighted by Crippen LogP contribution is -2.22. The number of carbonyl (C=O) groups is 1. The molecule has 204 valence electrons. The third-order valence-electron chi connectivity index (χ3n) is 7.75. The minimum atomic E-state index is -1.18. The van der Waals surface area contributed by atoms with Gasteiger partial charge in [-0.15, -0.1) is 0 Å². The molecule has 1 aliphatic carbocycles. The maximum Gasteiger partial charge on any atom is 0.273 e. The van der Waals surface area contributed by atoms with Crippen molar-refractivity contribution in [2.45, 2.75) is 77.4 Å². The van der Waals surface area contributed by atoms with E-state index in [0.717, 1.165) is 28.8 Å². The predicted octanol–water partition coefficient (Wildman–Crippen LogP) is 7.31. The van der Waals surface area contributed by atoms with E-state index >= 15 is 0 Å². The van der Waals surface area contributed by atoms with Crippen LogP contribution >= 0.6 is 0 Å². The van der Waals surface area contributed by atoms with Crippen molar-refractivity contribution in [3.05, 3.63) is 60.0 Å². The minimum absolute atomic E-state index is 0.125. The van der Waals surface area contributed by atoms with Crippen molar-refractivity contribution in [1.29, 1.82) is 0 Å². The van der Waals surface area contributed by atoms with Crippen LogP contribution in [0.15, 0.2) is 48.8 Å². The van der Waals surface area contributed by atoms with Crippen LogP contribution in [0.1, 0.15) is 61.0 Å². The van der Waals surface area contributed by atoms with E-state index in [1.165, 1.54) is 37.7 Å². The lowest BCUT2D eigenvalue weighted by molar-refractivity contribution is 0.0817. The summed E-state index contributed by atoms with van der Waals surface area (Å²) in [5.41, 5.74) is 4.78. The van der Waals surface area contributed by atoms with E-state index in [4.69, 9.17) is 9.72 Å². The van der Waals surface area contributed by atoms with Gasteiger partial charge in [0.05, 0.1) is 5.69 Å². The highest BCUT2D eigenvalue weighted by molar-refractivity contribution is 6.76. The van der Waals surface area contributed by atoms with Crippen molar-refractivity contribution in [1.82, 2.24) is 19.4 Å². The van der Waals surface area contributed by atoms with E-state index in [-0.39, 0.29) is 5.91 Å². The van der Waals surface area contributed by atoms with Gasteiger partial charge in [0.2, 0.25) is 0 Å². The maximum absolute atomic E-state index is 12.6. The number of carbonyl (C=O) groups excluding carboxylic acids is 1. The highest BCUT2D eigenvalue weighted by Crippen LogP contribution is 2.37. The highest BCUT2D eigenvalue weighted by atomic mass is 28.3. The first-order valence-electron chi connectivity index (χ1n) is 14.1. The number of hydrogen-bond donors (Lipinski definition) is 0. The lowest BCUT2D eigenvalue weighted by Gasteiger charge is -2.28. The first-order chi connectivity index (χ1) is 18.1. The molecule has 0 radical (unpaired) electrons. The first-order valence-corrected chi connectivity index (χ1v) is 17.8. The Bertz CT molecular complexity index is 1190. The number of amides is 1. The van der Waals surface area contributed by atoms with Gasteiger partial charge in [0, 0.05) is 52.3 Å². The zero-order valence-electron chi connectivity index (χ0n) is 24.0. The summed E-state index contributed by atoms with van der Waals surface area (Å²) >= 11 is 0. The average Bonchev–Trinajstić information content (AvgIpc) is 3.34. The lowest BCUT2D eigenvalue weighted by atomic mass is 9.78. The molecular weight excluding hydrogens is 488 g/mol. The fraction of sp³-hybridized carbons (Fsp3) is 0.516. The maximum atomic E-state index is 12.6. The number of benzene rings is 1. The Morgan fingerprint density at radius 1 is 1.03 bits per heavy atom. The van der Waals surface area contributed by atoms with Gasteiger partial charge in [-0.2, -0.15) is 0 Å². The Morgan fingerprint density at radius 2 is 1.71 bits per heavy atom. The van der Waals surface area contributed by atoms with Gasteiger partial charge in [-0.3, -0.25) is 9.78 Å². The summed E-state index contributed by atoms with van der Waals surface area (Å²) in [6.45, 7) is 10.4. The molecule has 38 heavy (non-hydrogen) atoms. The number of hydrogen-bond acceptors (Lipinski definition) is 4. The van der Waals surface area contributed by atoms with E-state index in [1.54, 1.807) is 25.2 Å². The van der Waals surface area contributed by atoms with Gasteiger partial charge >= 0.3 is 0 Å². The number of imidazole rings is 1. The van der Waals surface area contributed by atoms with Crippen LogP contribution in [0.25, 0.3) is 22.6 Å². The summed E-state index contributed by atoms with van der Waals surface area (Å²) in [6, 6.07) is 14.1. The molecule has 0 saturated heterocycles. The molecule has 0 atom stereocenters. The number of aromatic nitrogens is 3. The standard InChI is InChI=1S/C31H44N4O2Si/c1-7-23-8-10-24(11-9-23)25-12-14-26(15-13-25)28-17-16-27(20-32-28)30-33-29(31(36)34(2)3)21-35(30)22-37-18-19-38(4,5)6/h12-17,20-21,23-24H,7-11,18-19,22H2,1-6H3. The van der Waals surface area contributed by atoms with Gasteiger partial charge in [-0.25, -0.2) is 4.98 Å². The number of nitrogens with zero attached hydrogens (tertiary/aromatic N) is 4. The average molecular weight is 533 g/mol. The third-order valence-corrected chi connectivity index (χ3v) is 9.46. The van der Waals surface area contributed by atoms with Crippen LogP contribution in [0.2, 0.25) is 25.7 Å². The molecule has 0 bridgehead atoms. The van der Waals surface area contributed by atoms with Crippen LogP contribution in [-0.2, 0) is 11.5 Å². The molecule has 1 fully saturated rings. The summed E-state index contributed by atoms with van der Waals surface area (Å²) in [5, 5.41) is 0. The van der Waals surface area contributed by atoms with Gasteiger partial charge in [-0.05, 0) is 61.3 Å². The first kappa shape index (κ1) is 28.2. The number of pyridine rings is 1. The smallest absolute Gasteiger partial charge is 0.273 e. The second-order valence-electron chi connectivity index (χ2n) is 12.1. The fourth-order valence-corrected chi connectivity index (χ4v) is 5.90. The van der Waals surface area contributed by atoms with Crippen LogP contribution in [0.3, 0.4) is 0 Å². The second-order valence-corrected chi connectivity index (χ2v) is 17.8. The molecule has 2 aromatic heterocycles. The van der Waals surface area contributed by atoms with Crippen LogP contribution in [0.5, 0.6) is 0 Å². The molecule has 1 aliphatic rings. The van der Waals surface area contributed by atoms with E-state index in [2.05, 4.69) is 55.8 Å². The monoisotopic (exact) mass is 532 g/mol. The van der Waals surface area contributed by atoms with Gasteiger partial charge < -0.3 is 14.2 Å². The van der Waals surface area contributed by atoms with E-state index in [9.17, 15) is 4.79 Å². The van der Waals surface area contributed by atoms with Crippen LogP contribution < -0.4 is 0 Å². The highest BCUT2D eigenvalue weighted by Gasteiger charge is 2.22. The summed E-state index contributed by atoms with van der Waals surface area (Å²) in [4.78, 5) is 23.6. The zero-order chi connectivity index (χ0) is 27.3. The number of rotatable bonds is 10. The van der Waals surface area contributed by atoms with Crippen molar-refractivity contribution in [3.63, 3.8) is 0 Å². The van der Waals surface area contributed by atoms with E-state index in [1.807, 2.05) is 22.9 Å². The largest absolute Gasteiger partial charge is 0.361 e. The van der Waals surface area contributed by atoms with E-state index < -0.39 is 8.07 Å². The second kappa shape index (κ2) is 12.4. The van der Waals surface area contributed by atoms with Crippen molar-refractivity contribution in [3.8, 4) is 22.6 Å². The minimum Gasteiger partial charge on any atom is -0.361 e. The molecule has 1 saturated carbocycles. The zero-order valence-corrected chi connectivity index (χ0v) is 25.0. The number of ether oxygens (including phenoxy) is 1. The Hall–Kier alpha value is -2.77. The molecule has 0 unspecified atom stereocenters. The molecule has 1 amide bonds. The normalized spacial score (nSPS) is 17.9. The van der Waals surface area contributed by atoms with Gasteiger partial charge in [0.25, 0.3) is 5.91 Å². The fourth-order valence-electron chi connectivity index (χ4n) is 5.15.